The molecule has 6 heteroatoms. The van der Waals surface area contributed by atoms with Crippen LogP contribution in [0.25, 0.3) is 16.7 Å². The van der Waals surface area contributed by atoms with Gasteiger partial charge in [0.15, 0.2) is 0 Å². The summed E-state index contributed by atoms with van der Waals surface area (Å²) in [5.41, 5.74) is 7.76. The predicted molar refractivity (Wildman–Crippen MR) is 77.0 cm³/mol. The van der Waals surface area contributed by atoms with Crippen LogP contribution in [0.15, 0.2) is 36.4 Å². The molecule has 0 aliphatic rings. The van der Waals surface area contributed by atoms with Crippen LogP contribution in [0.3, 0.4) is 0 Å². The first-order chi connectivity index (χ1) is 9.60. The zero-order chi connectivity index (χ0) is 14.3. The van der Waals surface area contributed by atoms with E-state index in [1.807, 2.05) is 0 Å². The first kappa shape index (κ1) is 12.7. The SMILES string of the molecule is COc1ccc(Cl)cc1-n1c(N)nc2cc(F)ccc21. The van der Waals surface area contributed by atoms with E-state index in [-0.39, 0.29) is 11.8 Å². The van der Waals surface area contributed by atoms with Crippen molar-refractivity contribution in [2.45, 2.75) is 0 Å². The number of imidazole rings is 1. The van der Waals surface area contributed by atoms with Crippen molar-refractivity contribution in [1.29, 1.82) is 0 Å². The number of hydrogen-bond acceptors (Lipinski definition) is 3. The molecule has 0 atom stereocenters. The molecular weight excluding hydrogens is 281 g/mol. The maximum Gasteiger partial charge on any atom is 0.206 e. The summed E-state index contributed by atoms with van der Waals surface area (Å²) < 4.78 is 20.2. The van der Waals surface area contributed by atoms with E-state index in [9.17, 15) is 4.39 Å². The molecule has 0 aliphatic carbocycles. The molecule has 0 amide bonds. The lowest BCUT2D eigenvalue weighted by molar-refractivity contribution is 0.413. The van der Waals surface area contributed by atoms with Crippen LogP contribution in [0.5, 0.6) is 5.75 Å². The number of nitrogens with two attached hydrogens (primary N) is 1. The molecule has 1 heterocycles. The molecule has 0 spiro atoms. The van der Waals surface area contributed by atoms with Gasteiger partial charge in [-0.15, -0.1) is 0 Å². The fraction of sp³-hybridized carbons (Fsp3) is 0.0714. The van der Waals surface area contributed by atoms with Crippen molar-refractivity contribution in [3.05, 3.63) is 47.2 Å². The topological polar surface area (TPSA) is 53.1 Å². The van der Waals surface area contributed by atoms with Gasteiger partial charge in [-0.05, 0) is 30.3 Å². The Bertz CT molecular complexity index is 800. The number of rotatable bonds is 2. The van der Waals surface area contributed by atoms with Gasteiger partial charge >= 0.3 is 0 Å². The van der Waals surface area contributed by atoms with Crippen LogP contribution < -0.4 is 10.5 Å². The Balaban J connectivity index is 2.34. The second kappa shape index (κ2) is 4.68. The molecule has 4 nitrogen and oxygen atoms in total. The largest absolute Gasteiger partial charge is 0.495 e. The number of benzene rings is 2. The van der Waals surface area contributed by atoms with Crippen molar-refractivity contribution >= 4 is 28.6 Å². The van der Waals surface area contributed by atoms with Crippen LogP contribution in [0.1, 0.15) is 0 Å². The number of aromatic nitrogens is 2. The Labute approximate surface area is 119 Å². The third-order valence-corrected chi connectivity index (χ3v) is 3.26. The van der Waals surface area contributed by atoms with E-state index in [1.54, 1.807) is 35.9 Å². The molecule has 0 saturated heterocycles. The number of methoxy groups -OCH3 is 1. The number of hydrogen-bond donors (Lipinski definition) is 1. The van der Waals surface area contributed by atoms with Crippen LogP contribution >= 0.6 is 11.6 Å². The molecule has 1 aromatic heterocycles. The monoisotopic (exact) mass is 291 g/mol. The highest BCUT2D eigenvalue weighted by Gasteiger charge is 2.14. The maximum absolute atomic E-state index is 13.3. The number of nitrogen functional groups attached to an aromatic ring is 1. The maximum atomic E-state index is 13.3. The quantitative estimate of drug-likeness (QED) is 0.787. The van der Waals surface area contributed by atoms with Crippen molar-refractivity contribution in [2.75, 3.05) is 12.8 Å². The van der Waals surface area contributed by atoms with Gasteiger partial charge in [-0.3, -0.25) is 4.57 Å². The van der Waals surface area contributed by atoms with Crippen LogP contribution in [0.2, 0.25) is 5.02 Å². The minimum Gasteiger partial charge on any atom is -0.495 e. The molecule has 20 heavy (non-hydrogen) atoms. The van der Waals surface area contributed by atoms with Gasteiger partial charge in [-0.1, -0.05) is 11.6 Å². The first-order valence-corrected chi connectivity index (χ1v) is 6.25. The van der Waals surface area contributed by atoms with Crippen molar-refractivity contribution in [3.8, 4) is 11.4 Å². The molecule has 0 aliphatic heterocycles. The summed E-state index contributed by atoms with van der Waals surface area (Å²) in [4.78, 5) is 4.16. The number of nitrogens with zero attached hydrogens (tertiary/aromatic N) is 2. The molecule has 2 N–H and O–H groups in total. The summed E-state index contributed by atoms with van der Waals surface area (Å²) in [6.07, 6.45) is 0. The average molecular weight is 292 g/mol. The van der Waals surface area contributed by atoms with Gasteiger partial charge in [0.1, 0.15) is 11.6 Å². The van der Waals surface area contributed by atoms with Gasteiger partial charge in [-0.2, -0.15) is 0 Å². The lowest BCUT2D eigenvalue weighted by atomic mass is 10.2. The smallest absolute Gasteiger partial charge is 0.206 e. The van der Waals surface area contributed by atoms with Crippen molar-refractivity contribution in [3.63, 3.8) is 0 Å². The number of halogens is 2. The third-order valence-electron chi connectivity index (χ3n) is 3.02. The lowest BCUT2D eigenvalue weighted by Gasteiger charge is -2.12. The van der Waals surface area contributed by atoms with Crippen molar-refractivity contribution in [2.24, 2.45) is 0 Å². The molecule has 3 rings (SSSR count). The summed E-state index contributed by atoms with van der Waals surface area (Å²) in [5.74, 6) is 0.483. The fourth-order valence-electron chi connectivity index (χ4n) is 2.16. The second-order valence-electron chi connectivity index (χ2n) is 4.25. The Morgan fingerprint density at radius 1 is 1.25 bits per heavy atom. The van der Waals surface area contributed by atoms with E-state index in [0.29, 0.717) is 27.5 Å². The Morgan fingerprint density at radius 2 is 2.05 bits per heavy atom. The lowest BCUT2D eigenvalue weighted by Crippen LogP contribution is -2.02. The van der Waals surface area contributed by atoms with Crippen LogP contribution in [0.4, 0.5) is 10.3 Å². The molecule has 0 bridgehead atoms. The zero-order valence-corrected chi connectivity index (χ0v) is 11.4. The molecular formula is C14H11ClFN3O. The number of ether oxygens (including phenoxy) is 1. The van der Waals surface area contributed by atoms with Gasteiger partial charge < -0.3 is 10.5 Å². The molecule has 0 fully saturated rings. The minimum absolute atomic E-state index is 0.242. The highest BCUT2D eigenvalue weighted by molar-refractivity contribution is 6.30. The van der Waals surface area contributed by atoms with Gasteiger partial charge in [0, 0.05) is 11.1 Å². The molecule has 0 radical (unpaired) electrons. The summed E-state index contributed by atoms with van der Waals surface area (Å²) in [7, 11) is 1.56. The van der Waals surface area contributed by atoms with Crippen LogP contribution in [0, 0.1) is 5.82 Å². The Morgan fingerprint density at radius 3 is 2.80 bits per heavy atom. The third kappa shape index (κ3) is 1.96. The van der Waals surface area contributed by atoms with Crippen molar-refractivity contribution < 1.29 is 9.13 Å². The van der Waals surface area contributed by atoms with Crippen LogP contribution in [-0.2, 0) is 0 Å². The van der Waals surface area contributed by atoms with Crippen LogP contribution in [-0.4, -0.2) is 16.7 Å². The van der Waals surface area contributed by atoms with E-state index < -0.39 is 0 Å². The summed E-state index contributed by atoms with van der Waals surface area (Å²) in [6, 6.07) is 9.50. The zero-order valence-electron chi connectivity index (χ0n) is 10.6. The number of fused-ring (bicyclic) bond motifs is 1. The van der Waals surface area contributed by atoms with E-state index >= 15 is 0 Å². The fourth-order valence-corrected chi connectivity index (χ4v) is 2.33. The normalized spacial score (nSPS) is 10.9. The minimum atomic E-state index is -0.361. The van der Waals surface area contributed by atoms with E-state index in [2.05, 4.69) is 4.98 Å². The highest BCUT2D eigenvalue weighted by atomic mass is 35.5. The Kier molecular flexibility index (Phi) is 2.99. The Hall–Kier alpha value is -2.27. The molecule has 102 valence electrons. The predicted octanol–water partition coefficient (Wildman–Crippen LogP) is 3.41. The standard InChI is InChI=1S/C14H11ClFN3O/c1-20-13-5-2-8(15)6-12(13)19-11-4-3-9(16)7-10(11)18-14(19)17/h2-7H,1H3,(H2,17,18). The van der Waals surface area contributed by atoms with Gasteiger partial charge in [0.25, 0.3) is 0 Å². The first-order valence-electron chi connectivity index (χ1n) is 5.87. The average Bonchev–Trinajstić information content (AvgIpc) is 2.73. The van der Waals surface area contributed by atoms with E-state index in [0.717, 1.165) is 0 Å². The molecule has 0 unspecified atom stereocenters. The molecule has 0 saturated carbocycles. The van der Waals surface area contributed by atoms with E-state index in [1.165, 1.54) is 12.1 Å². The number of anilines is 1. The summed E-state index contributed by atoms with van der Waals surface area (Å²) >= 11 is 6.03. The van der Waals surface area contributed by atoms with Crippen molar-refractivity contribution in [1.82, 2.24) is 9.55 Å². The second-order valence-corrected chi connectivity index (χ2v) is 4.69. The van der Waals surface area contributed by atoms with Gasteiger partial charge in [0.05, 0.1) is 23.8 Å². The highest BCUT2D eigenvalue weighted by Crippen LogP contribution is 2.31. The van der Waals surface area contributed by atoms with Gasteiger partial charge in [-0.25, -0.2) is 9.37 Å². The summed E-state index contributed by atoms with van der Waals surface area (Å²) in [5, 5.41) is 0.546. The summed E-state index contributed by atoms with van der Waals surface area (Å²) in [6.45, 7) is 0. The molecule has 3 aromatic rings. The van der Waals surface area contributed by atoms with E-state index in [4.69, 9.17) is 22.1 Å². The van der Waals surface area contributed by atoms with Gasteiger partial charge in [0.2, 0.25) is 5.95 Å². The molecule has 2 aromatic carbocycles.